The van der Waals surface area contributed by atoms with Gasteiger partial charge in [0.05, 0.1) is 19.5 Å². The minimum atomic E-state index is -5.63. The molecule has 3 aromatic rings. The van der Waals surface area contributed by atoms with Crippen LogP contribution in [0.5, 0.6) is 0 Å². The van der Waals surface area contributed by atoms with Crippen molar-refractivity contribution in [3.63, 3.8) is 0 Å². The number of hydrogen-bond acceptors (Lipinski definition) is 25. The third-order valence-electron chi connectivity index (χ3n) is 11.4. The SMILES string of the molecule is CC(=O)NCCSSCCNC(=O)C1CCC(NC(=O)c2nccnc2C(=O)SCCNC(=O)CCNC(=O)C(O)C(C)(C)COP(=O)(O)OP(=O)(O)OCC2OC(n3cnc4c(N)ncnc43)C(O)C2OP(=O)(O)O)CC1. The van der Waals surface area contributed by atoms with Crippen molar-refractivity contribution in [1.29, 1.82) is 0 Å². The highest BCUT2D eigenvalue weighted by molar-refractivity contribution is 8.76. The molecule has 13 N–H and O–H groups in total. The van der Waals surface area contributed by atoms with Crippen molar-refractivity contribution in [3.05, 3.63) is 36.4 Å². The Bertz CT molecular complexity index is 2740. The van der Waals surface area contributed by atoms with Crippen LogP contribution < -0.4 is 32.3 Å². The molecule has 5 amide bonds. The van der Waals surface area contributed by atoms with E-state index in [1.54, 1.807) is 21.6 Å². The highest BCUT2D eigenvalue weighted by Crippen LogP contribution is 2.61. The van der Waals surface area contributed by atoms with Gasteiger partial charge in [0.2, 0.25) is 28.7 Å². The van der Waals surface area contributed by atoms with Crippen molar-refractivity contribution in [3.8, 4) is 0 Å². The van der Waals surface area contributed by atoms with E-state index in [0.717, 1.165) is 34.7 Å². The molecule has 78 heavy (non-hydrogen) atoms. The summed E-state index contributed by atoms with van der Waals surface area (Å²) in [5.41, 5.74) is 3.81. The standard InChI is InChI=1S/C40H61N12O20P3S3/c1-22(53)42-13-16-77-78-17-14-47-35(57)23-4-6-24(7-5-23)51-36(58)27-28(45-11-10-44-27)39(60)76-15-12-43-26(54)8-9-46-37(59)32(56)40(2,3)19-69-75(66,67)72-74(64,65)68-18-25-31(71-73(61,62)63)30(55)38(70-25)52-21-50-29-33(41)48-20-49-34(29)52/h10-11,20-21,23-25,30-32,38,55-56H,4-9,12-19H2,1-3H3,(H,42,53)(H,43,54)(H,46,59)(H,47,57)(H,51,58)(H,64,65)(H,66,67)(H2,41,48,49)(H2,61,62,63). The number of nitrogens with two attached hydrogens (primary N) is 1. The highest BCUT2D eigenvalue weighted by Gasteiger charge is 2.50. The van der Waals surface area contributed by atoms with Crippen LogP contribution in [0.1, 0.15) is 80.1 Å². The number of fused-ring (bicyclic) bond motifs is 1. The number of phosphoric ester groups is 3. The second-order valence-electron chi connectivity index (χ2n) is 17.9. The average Bonchev–Trinajstić information content (AvgIpc) is 4.01. The number of nitrogen functional groups attached to an aromatic ring is 1. The fourth-order valence-electron chi connectivity index (χ4n) is 7.50. The van der Waals surface area contributed by atoms with E-state index in [0.29, 0.717) is 44.5 Å². The monoisotopic (exact) mass is 1220 g/mol. The molecule has 2 fully saturated rings. The number of rotatable bonds is 30. The van der Waals surface area contributed by atoms with Crippen LogP contribution in [0.25, 0.3) is 11.2 Å². The van der Waals surface area contributed by atoms with Gasteiger partial charge in [-0.15, -0.1) is 0 Å². The summed E-state index contributed by atoms with van der Waals surface area (Å²) in [6.45, 7) is 2.57. The molecule has 0 bridgehead atoms. The summed E-state index contributed by atoms with van der Waals surface area (Å²) in [4.78, 5) is 135. The van der Waals surface area contributed by atoms with Gasteiger partial charge in [0.1, 0.15) is 42.0 Å². The predicted octanol–water partition coefficient (Wildman–Crippen LogP) is -0.309. The number of amides is 5. The number of nitrogens with zero attached hydrogens (tertiary/aromatic N) is 6. The molecule has 7 unspecified atom stereocenters. The first-order valence-electron chi connectivity index (χ1n) is 23.6. The third kappa shape index (κ3) is 20.1. The van der Waals surface area contributed by atoms with Crippen molar-refractivity contribution >= 4 is 108 Å². The zero-order valence-corrected chi connectivity index (χ0v) is 47.1. The van der Waals surface area contributed by atoms with Crippen LogP contribution in [-0.4, -0.2) is 181 Å². The zero-order chi connectivity index (χ0) is 57.4. The topological polar surface area (TPSA) is 477 Å². The van der Waals surface area contributed by atoms with E-state index in [1.165, 1.54) is 33.2 Å². The van der Waals surface area contributed by atoms with Gasteiger partial charge in [-0.2, -0.15) is 4.31 Å². The van der Waals surface area contributed by atoms with E-state index >= 15 is 0 Å². The molecule has 4 heterocycles. The Kier molecular flexibility index (Phi) is 24.4. The molecule has 1 saturated carbocycles. The Balaban J connectivity index is 0.973. The van der Waals surface area contributed by atoms with Gasteiger partial charge in [-0.3, -0.25) is 46.9 Å². The molecule has 5 rings (SSSR count). The lowest BCUT2D eigenvalue weighted by atomic mass is 9.85. The zero-order valence-electron chi connectivity index (χ0n) is 42.0. The summed E-state index contributed by atoms with van der Waals surface area (Å²) in [6.07, 6.45) is -2.51. The predicted molar refractivity (Wildman–Crippen MR) is 278 cm³/mol. The summed E-state index contributed by atoms with van der Waals surface area (Å²) in [5.74, 6) is -1.05. The lowest BCUT2D eigenvalue weighted by Gasteiger charge is -2.30. The molecular weight excluding hydrogens is 1160 g/mol. The minimum absolute atomic E-state index is 0.0118. The number of aliphatic hydroxyl groups is 2. The number of thioether (sulfide) groups is 1. The fourth-order valence-corrected chi connectivity index (χ4v) is 12.8. The number of aliphatic hydroxyl groups excluding tert-OH is 2. The van der Waals surface area contributed by atoms with Gasteiger partial charge in [0.15, 0.2) is 23.4 Å². The molecule has 0 aromatic carbocycles. The summed E-state index contributed by atoms with van der Waals surface area (Å²) < 4.78 is 62.6. The lowest BCUT2D eigenvalue weighted by molar-refractivity contribution is -0.137. The van der Waals surface area contributed by atoms with Crippen LogP contribution >= 0.6 is 56.8 Å². The quantitative estimate of drug-likeness (QED) is 0.0231. The highest BCUT2D eigenvalue weighted by atomic mass is 33.1. The molecule has 0 radical (unpaired) electrons. The Hall–Kier alpha value is -4.25. The first-order valence-corrected chi connectivity index (χ1v) is 31.6. The minimum Gasteiger partial charge on any atom is -0.386 e. The Morgan fingerprint density at radius 3 is 2.15 bits per heavy atom. The number of aromatic nitrogens is 6. The molecule has 1 aliphatic heterocycles. The van der Waals surface area contributed by atoms with Crippen LogP contribution in [-0.2, 0) is 55.5 Å². The van der Waals surface area contributed by atoms with E-state index < -0.39 is 95.6 Å². The molecule has 0 spiro atoms. The second-order valence-corrected chi connectivity index (χ2v) is 25.9. The smallest absolute Gasteiger partial charge is 0.386 e. The molecule has 1 aliphatic carbocycles. The molecule has 3 aromatic heterocycles. The molecule has 32 nitrogen and oxygen atoms in total. The van der Waals surface area contributed by atoms with Crippen LogP contribution in [0.4, 0.5) is 5.82 Å². The Morgan fingerprint density at radius 1 is 0.846 bits per heavy atom. The van der Waals surface area contributed by atoms with E-state index in [9.17, 15) is 72.2 Å². The van der Waals surface area contributed by atoms with E-state index in [2.05, 4.69) is 60.3 Å². The van der Waals surface area contributed by atoms with E-state index in [4.69, 9.17) is 19.5 Å². The summed E-state index contributed by atoms with van der Waals surface area (Å²) in [7, 11) is -13.3. The fraction of sp³-hybridized carbons (Fsp3) is 0.625. The molecule has 7 atom stereocenters. The van der Waals surface area contributed by atoms with Gasteiger partial charge < -0.3 is 66.8 Å². The van der Waals surface area contributed by atoms with Crippen molar-refractivity contribution in [1.82, 2.24) is 56.1 Å². The van der Waals surface area contributed by atoms with Crippen LogP contribution in [0, 0.1) is 11.3 Å². The normalized spacial score (nSPS) is 21.7. The first-order chi connectivity index (χ1) is 36.7. The number of hydrogen-bond donors (Lipinski definition) is 12. The average molecular weight is 1220 g/mol. The van der Waals surface area contributed by atoms with Crippen molar-refractivity contribution in [2.45, 2.75) is 89.6 Å². The van der Waals surface area contributed by atoms with Crippen LogP contribution in [0.2, 0.25) is 0 Å². The molecule has 38 heteroatoms. The Labute approximate surface area is 457 Å². The van der Waals surface area contributed by atoms with Gasteiger partial charge in [-0.05, 0) is 25.7 Å². The largest absolute Gasteiger partial charge is 0.481 e. The molecule has 434 valence electrons. The number of ether oxygens (including phenoxy) is 1. The maximum atomic E-state index is 13.2. The number of anilines is 1. The van der Waals surface area contributed by atoms with Gasteiger partial charge in [-0.1, -0.05) is 47.2 Å². The maximum absolute atomic E-state index is 13.2. The second kappa shape index (κ2) is 29.5. The Morgan fingerprint density at radius 2 is 1.49 bits per heavy atom. The number of phosphoric acid groups is 3. The van der Waals surface area contributed by atoms with Crippen LogP contribution in [0.15, 0.2) is 25.0 Å². The molecule has 2 aliphatic rings. The summed E-state index contributed by atoms with van der Waals surface area (Å²) in [6, 6.07) is -0.251. The van der Waals surface area contributed by atoms with Gasteiger partial charge in [0.25, 0.3) is 5.91 Å². The van der Waals surface area contributed by atoms with Crippen molar-refractivity contribution < 1.29 is 94.9 Å². The summed E-state index contributed by atoms with van der Waals surface area (Å²) >= 11 is 0.773. The number of nitrogens with one attached hydrogen (secondary N) is 5. The van der Waals surface area contributed by atoms with Crippen LogP contribution in [0.3, 0.4) is 0 Å². The van der Waals surface area contributed by atoms with Gasteiger partial charge >= 0.3 is 23.5 Å². The van der Waals surface area contributed by atoms with Crippen molar-refractivity contribution in [2.75, 3.05) is 62.4 Å². The molecule has 1 saturated heterocycles. The first kappa shape index (κ1) is 64.6. The van der Waals surface area contributed by atoms with E-state index in [-0.39, 0.29) is 77.4 Å². The maximum Gasteiger partial charge on any atom is 0.481 e. The molecular formula is C40H61N12O20P3S3. The summed E-state index contributed by atoms with van der Waals surface area (Å²) in [5, 5.41) is 34.5. The third-order valence-corrected chi connectivity index (χ3v) is 17.8. The van der Waals surface area contributed by atoms with E-state index in [1.807, 2.05) is 0 Å². The lowest BCUT2D eigenvalue weighted by Crippen LogP contribution is -2.46. The number of carbonyl (C=O) groups is 6. The van der Waals surface area contributed by atoms with Gasteiger partial charge in [-0.25, -0.2) is 38.6 Å². The van der Waals surface area contributed by atoms with Crippen molar-refractivity contribution in [2.24, 2.45) is 11.3 Å². The number of carbonyl (C=O) groups excluding carboxylic acids is 6. The number of imidazole rings is 1. The van der Waals surface area contributed by atoms with Gasteiger partial charge in [0, 0.05) is 86.6 Å².